The van der Waals surface area contributed by atoms with Crippen molar-refractivity contribution < 1.29 is 4.79 Å². The van der Waals surface area contributed by atoms with Gasteiger partial charge in [0.05, 0.1) is 5.92 Å². The van der Waals surface area contributed by atoms with E-state index < -0.39 is 0 Å². The third kappa shape index (κ3) is 4.31. The summed E-state index contributed by atoms with van der Waals surface area (Å²) in [6, 6.07) is 10.7. The molecule has 1 aliphatic rings. The van der Waals surface area contributed by atoms with Crippen LogP contribution in [0.3, 0.4) is 0 Å². The van der Waals surface area contributed by atoms with Crippen molar-refractivity contribution in [3.05, 3.63) is 35.9 Å². The van der Waals surface area contributed by atoms with Gasteiger partial charge >= 0.3 is 0 Å². The zero-order valence-electron chi connectivity index (χ0n) is 13.3. The maximum Gasteiger partial charge on any atom is 0.227 e. The molecule has 3 nitrogen and oxygen atoms in total. The Labute approximate surface area is 128 Å². The summed E-state index contributed by atoms with van der Waals surface area (Å²) >= 11 is 0. The number of carbonyl (C=O) groups excluding carboxylic acids is 1. The summed E-state index contributed by atoms with van der Waals surface area (Å²) in [7, 11) is 0. The first-order valence-electron chi connectivity index (χ1n) is 8.33. The highest BCUT2D eigenvalue weighted by Crippen LogP contribution is 2.22. The molecule has 3 heteroatoms. The smallest absolute Gasteiger partial charge is 0.227 e. The van der Waals surface area contributed by atoms with Crippen LogP contribution in [0, 0.1) is 0 Å². The van der Waals surface area contributed by atoms with Crippen molar-refractivity contribution in [2.24, 2.45) is 0 Å². The molecular weight excluding hydrogens is 260 g/mol. The topological polar surface area (TPSA) is 32.3 Å². The molecule has 0 spiro atoms. The molecule has 1 heterocycles. The van der Waals surface area contributed by atoms with Crippen LogP contribution >= 0.6 is 0 Å². The van der Waals surface area contributed by atoms with Crippen LogP contribution in [0.15, 0.2) is 30.3 Å². The number of nitrogens with zero attached hydrogens (tertiary/aromatic N) is 1. The van der Waals surface area contributed by atoms with Gasteiger partial charge in [-0.25, -0.2) is 0 Å². The summed E-state index contributed by atoms with van der Waals surface area (Å²) in [6.07, 6.45) is 4.40. The van der Waals surface area contributed by atoms with Gasteiger partial charge in [-0.05, 0) is 37.9 Å². The van der Waals surface area contributed by atoms with Crippen LogP contribution in [-0.2, 0) is 4.79 Å². The van der Waals surface area contributed by atoms with Crippen molar-refractivity contribution >= 4 is 5.91 Å². The SMILES string of the molecule is CCCC(C(=O)NCC1CCCN1CC)c1ccccc1. The van der Waals surface area contributed by atoms with Gasteiger partial charge in [0.2, 0.25) is 5.91 Å². The molecule has 21 heavy (non-hydrogen) atoms. The average molecular weight is 288 g/mol. The summed E-state index contributed by atoms with van der Waals surface area (Å²) in [5, 5.41) is 3.19. The van der Waals surface area contributed by atoms with Crippen molar-refractivity contribution in [3.63, 3.8) is 0 Å². The van der Waals surface area contributed by atoms with Crippen LogP contribution in [-0.4, -0.2) is 36.5 Å². The summed E-state index contributed by atoms with van der Waals surface area (Å²) in [5.41, 5.74) is 1.13. The molecule has 1 aromatic carbocycles. The highest BCUT2D eigenvalue weighted by Gasteiger charge is 2.25. The molecule has 0 aromatic heterocycles. The predicted molar refractivity (Wildman–Crippen MR) is 87.4 cm³/mol. The van der Waals surface area contributed by atoms with Crippen molar-refractivity contribution in [1.82, 2.24) is 10.2 Å². The van der Waals surface area contributed by atoms with E-state index in [2.05, 4.69) is 36.2 Å². The fourth-order valence-electron chi connectivity index (χ4n) is 3.31. The summed E-state index contributed by atoms with van der Waals surface area (Å²) in [6.45, 7) is 7.38. The van der Waals surface area contributed by atoms with Gasteiger partial charge in [0, 0.05) is 12.6 Å². The Morgan fingerprint density at radius 3 is 2.76 bits per heavy atom. The number of amides is 1. The fourth-order valence-corrected chi connectivity index (χ4v) is 3.31. The van der Waals surface area contributed by atoms with Crippen LogP contribution in [0.2, 0.25) is 0 Å². The van der Waals surface area contributed by atoms with E-state index in [1.165, 1.54) is 19.4 Å². The van der Waals surface area contributed by atoms with Crippen LogP contribution in [0.5, 0.6) is 0 Å². The van der Waals surface area contributed by atoms with E-state index >= 15 is 0 Å². The Morgan fingerprint density at radius 1 is 1.33 bits per heavy atom. The van der Waals surface area contributed by atoms with Crippen molar-refractivity contribution in [2.45, 2.75) is 51.5 Å². The first kappa shape index (κ1) is 16.0. The number of hydrogen-bond donors (Lipinski definition) is 1. The Hall–Kier alpha value is -1.35. The summed E-state index contributed by atoms with van der Waals surface area (Å²) in [4.78, 5) is 15.0. The van der Waals surface area contributed by atoms with Gasteiger partial charge in [-0.1, -0.05) is 50.6 Å². The van der Waals surface area contributed by atoms with E-state index in [1.54, 1.807) is 0 Å². The summed E-state index contributed by atoms with van der Waals surface area (Å²) in [5.74, 6) is 0.179. The molecule has 116 valence electrons. The Kier molecular flexibility index (Phi) is 6.24. The quantitative estimate of drug-likeness (QED) is 0.836. The third-order valence-electron chi connectivity index (χ3n) is 4.51. The molecule has 2 rings (SSSR count). The molecule has 1 aliphatic heterocycles. The van der Waals surface area contributed by atoms with Crippen molar-refractivity contribution in [2.75, 3.05) is 19.6 Å². The molecule has 1 amide bonds. The van der Waals surface area contributed by atoms with Gasteiger partial charge in [0.25, 0.3) is 0 Å². The second-order valence-electron chi connectivity index (χ2n) is 5.92. The van der Waals surface area contributed by atoms with Gasteiger partial charge in [0.15, 0.2) is 0 Å². The predicted octanol–water partition coefficient (Wildman–Crippen LogP) is 3.17. The van der Waals surface area contributed by atoms with Crippen molar-refractivity contribution in [1.29, 1.82) is 0 Å². The second kappa shape index (κ2) is 8.18. The number of likely N-dealkylation sites (tertiary alicyclic amines) is 1. The highest BCUT2D eigenvalue weighted by molar-refractivity contribution is 5.83. The van der Waals surface area contributed by atoms with Gasteiger partial charge < -0.3 is 5.32 Å². The van der Waals surface area contributed by atoms with E-state index in [-0.39, 0.29) is 11.8 Å². The molecule has 1 fully saturated rings. The van der Waals surface area contributed by atoms with E-state index in [9.17, 15) is 4.79 Å². The molecule has 2 atom stereocenters. The summed E-state index contributed by atoms with van der Waals surface area (Å²) < 4.78 is 0. The number of benzene rings is 1. The van der Waals surface area contributed by atoms with Gasteiger partial charge in [-0.3, -0.25) is 9.69 Å². The molecule has 1 N–H and O–H groups in total. The lowest BCUT2D eigenvalue weighted by atomic mass is 9.93. The molecule has 0 bridgehead atoms. The molecule has 0 saturated carbocycles. The Balaban J connectivity index is 1.93. The van der Waals surface area contributed by atoms with E-state index in [0.717, 1.165) is 31.5 Å². The Bertz CT molecular complexity index is 432. The second-order valence-corrected chi connectivity index (χ2v) is 5.92. The Morgan fingerprint density at radius 2 is 2.10 bits per heavy atom. The first-order chi connectivity index (χ1) is 10.3. The van der Waals surface area contributed by atoms with Gasteiger partial charge in [-0.2, -0.15) is 0 Å². The van der Waals surface area contributed by atoms with E-state index in [4.69, 9.17) is 0 Å². The minimum absolute atomic E-state index is 0.00678. The molecule has 2 unspecified atom stereocenters. The standard InChI is InChI=1S/C18H28N2O/c1-3-9-17(15-10-6-5-7-11-15)18(21)19-14-16-12-8-13-20(16)4-2/h5-7,10-11,16-17H,3-4,8-9,12-14H2,1-2H3,(H,19,21). The largest absolute Gasteiger partial charge is 0.354 e. The van der Waals surface area contributed by atoms with E-state index in [0.29, 0.717) is 6.04 Å². The molecule has 1 aromatic rings. The van der Waals surface area contributed by atoms with Crippen molar-refractivity contribution in [3.8, 4) is 0 Å². The molecule has 1 saturated heterocycles. The van der Waals surface area contributed by atoms with E-state index in [1.807, 2.05) is 18.2 Å². The van der Waals surface area contributed by atoms with Crippen LogP contribution in [0.1, 0.15) is 51.0 Å². The highest BCUT2D eigenvalue weighted by atomic mass is 16.1. The number of carbonyl (C=O) groups is 1. The lowest BCUT2D eigenvalue weighted by Gasteiger charge is -2.24. The fraction of sp³-hybridized carbons (Fsp3) is 0.611. The first-order valence-corrected chi connectivity index (χ1v) is 8.33. The third-order valence-corrected chi connectivity index (χ3v) is 4.51. The minimum atomic E-state index is -0.00678. The molecular formula is C18H28N2O. The average Bonchev–Trinajstić information content (AvgIpc) is 2.98. The number of hydrogen-bond acceptors (Lipinski definition) is 2. The van der Waals surface area contributed by atoms with Crippen LogP contribution in [0.25, 0.3) is 0 Å². The lowest BCUT2D eigenvalue weighted by molar-refractivity contribution is -0.122. The maximum atomic E-state index is 12.6. The number of nitrogens with one attached hydrogen (secondary N) is 1. The maximum absolute atomic E-state index is 12.6. The van der Waals surface area contributed by atoms with Gasteiger partial charge in [-0.15, -0.1) is 0 Å². The lowest BCUT2D eigenvalue weighted by Crippen LogP contribution is -2.41. The zero-order valence-corrected chi connectivity index (χ0v) is 13.3. The van der Waals surface area contributed by atoms with Gasteiger partial charge in [0.1, 0.15) is 0 Å². The monoisotopic (exact) mass is 288 g/mol. The zero-order chi connectivity index (χ0) is 15.1. The number of rotatable bonds is 7. The molecule has 0 radical (unpaired) electrons. The minimum Gasteiger partial charge on any atom is -0.354 e. The molecule has 0 aliphatic carbocycles. The van der Waals surface area contributed by atoms with Crippen LogP contribution < -0.4 is 5.32 Å². The normalized spacial score (nSPS) is 20.4. The van der Waals surface area contributed by atoms with Crippen LogP contribution in [0.4, 0.5) is 0 Å². The number of likely N-dealkylation sites (N-methyl/N-ethyl adjacent to an activating group) is 1.